The number of hydrogen-bond acceptors (Lipinski definition) is 5. The molecule has 9 nitrogen and oxygen atoms in total. The highest BCUT2D eigenvalue weighted by molar-refractivity contribution is 7.89. The van der Waals surface area contributed by atoms with Gasteiger partial charge < -0.3 is 15.0 Å². The van der Waals surface area contributed by atoms with Crippen molar-refractivity contribution in [3.8, 4) is 0 Å². The van der Waals surface area contributed by atoms with E-state index in [1.165, 1.54) is 12.4 Å². The Morgan fingerprint density at radius 2 is 2.04 bits per heavy atom. The molecule has 1 aromatic rings. The molecule has 0 spiro atoms. The van der Waals surface area contributed by atoms with Gasteiger partial charge in [0.15, 0.2) is 0 Å². The van der Waals surface area contributed by atoms with Gasteiger partial charge in [-0.3, -0.25) is 4.68 Å². The fourth-order valence-electron chi connectivity index (χ4n) is 3.10. The van der Waals surface area contributed by atoms with Crippen LogP contribution in [0.5, 0.6) is 0 Å². The molecule has 26 heavy (non-hydrogen) atoms. The fourth-order valence-corrected chi connectivity index (χ4v) is 4.54. The summed E-state index contributed by atoms with van der Waals surface area (Å²) in [5.74, 6) is 0. The Labute approximate surface area is 155 Å². The lowest BCUT2D eigenvalue weighted by atomic mass is 9.86. The van der Waals surface area contributed by atoms with E-state index >= 15 is 0 Å². The first-order valence-corrected chi connectivity index (χ1v) is 10.4. The lowest BCUT2D eigenvalue weighted by molar-refractivity contribution is 0.115. The third kappa shape index (κ3) is 4.95. The van der Waals surface area contributed by atoms with Crippen LogP contribution in [0.4, 0.5) is 4.79 Å². The van der Waals surface area contributed by atoms with Crippen molar-refractivity contribution in [3.63, 3.8) is 0 Å². The maximum Gasteiger partial charge on any atom is 0.317 e. The standard InChI is InChI=1S/C16H29N5O4S/c1-4-17-15(22)20-9-6-16(7-10-20,8-11-25-3)19-26(23,24)14-12-18-21(5-2)13-14/h12-13,19H,4-11H2,1-3H3,(H,17,22). The highest BCUT2D eigenvalue weighted by Crippen LogP contribution is 2.28. The first kappa shape index (κ1) is 20.7. The number of amides is 2. The molecule has 0 bridgehead atoms. The van der Waals surface area contributed by atoms with E-state index in [1.54, 1.807) is 16.7 Å². The molecule has 10 heteroatoms. The Morgan fingerprint density at radius 1 is 1.35 bits per heavy atom. The number of nitrogens with zero attached hydrogens (tertiary/aromatic N) is 3. The Hall–Kier alpha value is -1.65. The van der Waals surface area contributed by atoms with Crippen LogP contribution in [0.1, 0.15) is 33.1 Å². The second-order valence-electron chi connectivity index (χ2n) is 6.48. The molecule has 2 N–H and O–H groups in total. The zero-order chi connectivity index (χ0) is 19.2. The summed E-state index contributed by atoms with van der Waals surface area (Å²) in [6.45, 7) is 6.36. The first-order valence-electron chi connectivity index (χ1n) is 8.94. The van der Waals surface area contributed by atoms with Gasteiger partial charge in [-0.1, -0.05) is 0 Å². The van der Waals surface area contributed by atoms with Crippen molar-refractivity contribution in [2.45, 2.75) is 50.1 Å². The predicted octanol–water partition coefficient (Wildman–Crippen LogP) is 0.782. The summed E-state index contributed by atoms with van der Waals surface area (Å²) in [6.07, 6.45) is 4.51. The normalized spacial score (nSPS) is 17.3. The van der Waals surface area contributed by atoms with Gasteiger partial charge in [-0.2, -0.15) is 5.10 Å². The Bertz CT molecular complexity index is 695. The molecule has 0 atom stereocenters. The SMILES string of the molecule is CCNC(=O)N1CCC(CCOC)(NS(=O)(=O)c2cnn(CC)c2)CC1. The van der Waals surface area contributed by atoms with Gasteiger partial charge in [-0.05, 0) is 33.1 Å². The number of nitrogens with one attached hydrogen (secondary N) is 2. The second kappa shape index (κ2) is 8.83. The largest absolute Gasteiger partial charge is 0.385 e. The smallest absolute Gasteiger partial charge is 0.317 e. The van der Waals surface area contributed by atoms with Crippen molar-refractivity contribution in [3.05, 3.63) is 12.4 Å². The molecule has 1 fully saturated rings. The molecule has 2 amide bonds. The van der Waals surface area contributed by atoms with Crippen LogP contribution in [0.15, 0.2) is 17.3 Å². The average Bonchev–Trinajstić information content (AvgIpc) is 3.11. The van der Waals surface area contributed by atoms with Gasteiger partial charge >= 0.3 is 6.03 Å². The van der Waals surface area contributed by atoms with Crippen LogP contribution in [0, 0.1) is 0 Å². The molecule has 2 heterocycles. The number of piperidine rings is 1. The maximum atomic E-state index is 12.8. The van der Waals surface area contributed by atoms with Crippen LogP contribution in [-0.2, 0) is 21.3 Å². The van der Waals surface area contributed by atoms with E-state index in [-0.39, 0.29) is 10.9 Å². The predicted molar refractivity (Wildman–Crippen MR) is 97.3 cm³/mol. The van der Waals surface area contributed by atoms with Crippen LogP contribution in [0.3, 0.4) is 0 Å². The minimum absolute atomic E-state index is 0.111. The minimum atomic E-state index is -3.69. The molecule has 0 unspecified atom stereocenters. The number of aryl methyl sites for hydroxylation is 1. The zero-order valence-electron chi connectivity index (χ0n) is 15.7. The molecule has 0 radical (unpaired) electrons. The molecule has 1 aromatic heterocycles. The van der Waals surface area contributed by atoms with Crippen LogP contribution in [0.25, 0.3) is 0 Å². The Balaban J connectivity index is 2.13. The monoisotopic (exact) mass is 387 g/mol. The van der Waals surface area contributed by atoms with Crippen LogP contribution >= 0.6 is 0 Å². The number of urea groups is 1. The van der Waals surface area contributed by atoms with Gasteiger partial charge in [0.1, 0.15) is 4.90 Å². The molecular weight excluding hydrogens is 358 g/mol. The number of likely N-dealkylation sites (tertiary alicyclic amines) is 1. The summed E-state index contributed by atoms with van der Waals surface area (Å²) in [4.78, 5) is 13.9. The molecule has 1 aliphatic rings. The van der Waals surface area contributed by atoms with E-state index in [1.807, 2.05) is 13.8 Å². The van der Waals surface area contributed by atoms with Gasteiger partial charge in [0.05, 0.1) is 6.20 Å². The summed E-state index contributed by atoms with van der Waals surface area (Å²) in [5, 5.41) is 6.83. The maximum absolute atomic E-state index is 12.8. The number of aromatic nitrogens is 2. The summed E-state index contributed by atoms with van der Waals surface area (Å²) < 4.78 is 35.3. The van der Waals surface area contributed by atoms with Crippen molar-refractivity contribution in [2.75, 3.05) is 33.4 Å². The van der Waals surface area contributed by atoms with Crippen LogP contribution in [-0.4, -0.2) is 68.0 Å². The van der Waals surface area contributed by atoms with E-state index in [4.69, 9.17) is 4.74 Å². The minimum Gasteiger partial charge on any atom is -0.385 e. The van der Waals surface area contributed by atoms with Gasteiger partial charge in [-0.15, -0.1) is 0 Å². The molecule has 0 aliphatic carbocycles. The third-order valence-corrected chi connectivity index (χ3v) is 6.25. The summed E-state index contributed by atoms with van der Waals surface area (Å²) in [5.41, 5.74) is -0.633. The molecule has 2 rings (SSSR count). The number of hydrogen-bond donors (Lipinski definition) is 2. The number of sulfonamides is 1. The van der Waals surface area contributed by atoms with E-state index in [0.717, 1.165) is 0 Å². The van der Waals surface area contributed by atoms with E-state index in [0.29, 0.717) is 52.0 Å². The topological polar surface area (TPSA) is 106 Å². The number of carbonyl (C=O) groups excluding carboxylic acids is 1. The first-order chi connectivity index (χ1) is 12.4. The van der Waals surface area contributed by atoms with Crippen LogP contribution < -0.4 is 10.0 Å². The van der Waals surface area contributed by atoms with Crippen molar-refractivity contribution < 1.29 is 17.9 Å². The molecule has 0 saturated carbocycles. The van der Waals surface area contributed by atoms with Gasteiger partial charge in [0, 0.05) is 51.6 Å². The average molecular weight is 388 g/mol. The highest BCUT2D eigenvalue weighted by atomic mass is 32.2. The number of ether oxygens (including phenoxy) is 1. The molecule has 1 aliphatic heterocycles. The highest BCUT2D eigenvalue weighted by Gasteiger charge is 2.39. The lowest BCUT2D eigenvalue weighted by Gasteiger charge is -2.42. The summed E-state index contributed by atoms with van der Waals surface area (Å²) in [7, 11) is -2.10. The van der Waals surface area contributed by atoms with E-state index in [2.05, 4.69) is 15.1 Å². The van der Waals surface area contributed by atoms with Gasteiger partial charge in [0.25, 0.3) is 0 Å². The zero-order valence-corrected chi connectivity index (χ0v) is 16.5. The number of carbonyl (C=O) groups is 1. The van der Waals surface area contributed by atoms with Crippen molar-refractivity contribution in [1.82, 2.24) is 24.7 Å². The molecular formula is C16H29N5O4S. The van der Waals surface area contributed by atoms with Crippen molar-refractivity contribution >= 4 is 16.1 Å². The second-order valence-corrected chi connectivity index (χ2v) is 8.17. The molecule has 0 aromatic carbocycles. The summed E-state index contributed by atoms with van der Waals surface area (Å²) in [6, 6.07) is -0.111. The Kier molecular flexibility index (Phi) is 7.01. The number of rotatable bonds is 8. The molecule has 1 saturated heterocycles. The Morgan fingerprint density at radius 3 is 2.58 bits per heavy atom. The number of methoxy groups -OCH3 is 1. The van der Waals surface area contributed by atoms with Crippen molar-refractivity contribution in [1.29, 1.82) is 0 Å². The quantitative estimate of drug-likeness (QED) is 0.686. The summed E-state index contributed by atoms with van der Waals surface area (Å²) >= 11 is 0. The van der Waals surface area contributed by atoms with Crippen molar-refractivity contribution in [2.24, 2.45) is 0 Å². The van der Waals surface area contributed by atoms with Crippen LogP contribution in [0.2, 0.25) is 0 Å². The third-order valence-electron chi connectivity index (χ3n) is 4.72. The molecule has 148 valence electrons. The van der Waals surface area contributed by atoms with E-state index in [9.17, 15) is 13.2 Å². The van der Waals surface area contributed by atoms with Gasteiger partial charge in [-0.25, -0.2) is 17.9 Å². The fraction of sp³-hybridized carbons (Fsp3) is 0.750. The lowest BCUT2D eigenvalue weighted by Crippen LogP contribution is -2.57. The van der Waals surface area contributed by atoms with E-state index < -0.39 is 15.6 Å². The van der Waals surface area contributed by atoms with Gasteiger partial charge in [0.2, 0.25) is 10.0 Å².